The Balaban J connectivity index is 1.45. The number of hydrogen-bond acceptors (Lipinski definition) is 5. The van der Waals surface area contributed by atoms with Crippen molar-refractivity contribution < 1.29 is 24.2 Å². The summed E-state index contributed by atoms with van der Waals surface area (Å²) in [4.78, 5) is 40.7. The number of fused-ring (bicyclic) bond motifs is 1. The highest BCUT2D eigenvalue weighted by atomic mass is 35.5. The number of benzene rings is 3. The number of nitrogens with one attached hydrogen (secondary N) is 1. The van der Waals surface area contributed by atoms with Gasteiger partial charge in [-0.1, -0.05) is 53.5 Å². The predicted octanol–water partition coefficient (Wildman–Crippen LogP) is 6.15. The molecule has 4 aromatic rings. The molecule has 0 spiro atoms. The van der Waals surface area contributed by atoms with Crippen LogP contribution in [0.4, 0.5) is 10.5 Å². The first-order valence-corrected chi connectivity index (χ1v) is 11.2. The van der Waals surface area contributed by atoms with Crippen LogP contribution in [-0.2, 0) is 22.6 Å². The van der Waals surface area contributed by atoms with Crippen molar-refractivity contribution in [1.82, 2.24) is 4.98 Å². The Morgan fingerprint density at radius 2 is 1.63 bits per heavy atom. The molecule has 2 N–H and O–H groups in total. The van der Waals surface area contributed by atoms with E-state index in [9.17, 15) is 14.4 Å². The van der Waals surface area contributed by atoms with Crippen LogP contribution in [0.15, 0.2) is 72.9 Å². The normalized spacial score (nSPS) is 10.7. The van der Waals surface area contributed by atoms with Crippen LogP contribution < -0.4 is 5.32 Å². The second kappa shape index (κ2) is 10.5. The van der Waals surface area contributed by atoms with Crippen LogP contribution in [0.1, 0.15) is 27.2 Å². The standard InChI is InChI=1S/C26H18Cl2N2O5/c27-21-10-5-15(11-22(21)28)14-35-26(34)30-18-8-6-16(7-9-18)25(33)24-20-4-2-1-3-19(20)17(13-29-24)12-23(31)32/h1-11,13H,12,14H2,(H,30,34)(H,31,32). The number of ether oxygens (including phenoxy) is 1. The molecule has 35 heavy (non-hydrogen) atoms. The number of ketones is 1. The molecule has 0 bridgehead atoms. The van der Waals surface area contributed by atoms with E-state index in [2.05, 4.69) is 10.3 Å². The Morgan fingerprint density at radius 1 is 0.914 bits per heavy atom. The molecule has 1 aromatic heterocycles. The average Bonchev–Trinajstić information content (AvgIpc) is 2.85. The number of amides is 1. The van der Waals surface area contributed by atoms with Gasteiger partial charge in [-0.25, -0.2) is 4.79 Å². The van der Waals surface area contributed by atoms with Gasteiger partial charge in [0.15, 0.2) is 0 Å². The molecule has 9 heteroatoms. The minimum absolute atomic E-state index is 0.00983. The lowest BCUT2D eigenvalue weighted by molar-refractivity contribution is -0.136. The SMILES string of the molecule is O=C(O)Cc1cnc(C(=O)c2ccc(NC(=O)OCc3ccc(Cl)c(Cl)c3)cc2)c2ccccc12. The number of aliphatic carboxylic acids is 1. The molecule has 0 fully saturated rings. The highest BCUT2D eigenvalue weighted by Crippen LogP contribution is 2.25. The van der Waals surface area contributed by atoms with Gasteiger partial charge in [0, 0.05) is 22.8 Å². The summed E-state index contributed by atoms with van der Waals surface area (Å²) in [6, 6.07) is 18.3. The molecular formula is C26H18Cl2N2O5. The van der Waals surface area contributed by atoms with Gasteiger partial charge in [0.25, 0.3) is 0 Å². The van der Waals surface area contributed by atoms with Crippen LogP contribution >= 0.6 is 23.2 Å². The van der Waals surface area contributed by atoms with Gasteiger partial charge in [-0.05, 0) is 52.9 Å². The molecule has 1 heterocycles. The summed E-state index contributed by atoms with van der Waals surface area (Å²) in [6.45, 7) is 0.00983. The van der Waals surface area contributed by atoms with Crippen molar-refractivity contribution in [2.24, 2.45) is 0 Å². The number of carbonyl (C=O) groups excluding carboxylic acids is 2. The highest BCUT2D eigenvalue weighted by molar-refractivity contribution is 6.42. The van der Waals surface area contributed by atoms with Crippen molar-refractivity contribution in [3.05, 3.63) is 105 Å². The van der Waals surface area contributed by atoms with Gasteiger partial charge >= 0.3 is 12.1 Å². The molecule has 0 aliphatic rings. The van der Waals surface area contributed by atoms with Crippen LogP contribution in [0.2, 0.25) is 10.0 Å². The van der Waals surface area contributed by atoms with E-state index in [1.165, 1.54) is 6.20 Å². The number of carboxylic acids is 1. The van der Waals surface area contributed by atoms with Crippen molar-refractivity contribution in [1.29, 1.82) is 0 Å². The third-order valence-electron chi connectivity index (χ3n) is 5.18. The lowest BCUT2D eigenvalue weighted by atomic mass is 9.98. The second-order valence-corrected chi connectivity index (χ2v) is 8.42. The summed E-state index contributed by atoms with van der Waals surface area (Å²) >= 11 is 11.8. The highest BCUT2D eigenvalue weighted by Gasteiger charge is 2.17. The zero-order chi connectivity index (χ0) is 24.9. The van der Waals surface area contributed by atoms with E-state index in [0.29, 0.717) is 43.2 Å². The van der Waals surface area contributed by atoms with Crippen molar-refractivity contribution in [2.45, 2.75) is 13.0 Å². The molecule has 0 radical (unpaired) electrons. The fraction of sp³-hybridized carbons (Fsp3) is 0.0769. The Labute approximate surface area is 210 Å². The molecule has 0 aliphatic carbocycles. The third kappa shape index (κ3) is 5.77. The number of anilines is 1. The molecule has 0 saturated carbocycles. The summed E-state index contributed by atoms with van der Waals surface area (Å²) in [5, 5.41) is 13.8. The second-order valence-electron chi connectivity index (χ2n) is 7.60. The molecular weight excluding hydrogens is 491 g/mol. The number of rotatable bonds is 7. The van der Waals surface area contributed by atoms with Crippen LogP contribution in [0, 0.1) is 0 Å². The topological polar surface area (TPSA) is 106 Å². The number of carboxylic acid groups (broad SMARTS) is 1. The number of halogens is 2. The number of nitrogens with zero attached hydrogens (tertiary/aromatic N) is 1. The Kier molecular flexibility index (Phi) is 7.29. The quantitative estimate of drug-likeness (QED) is 0.290. The van der Waals surface area contributed by atoms with Crippen molar-refractivity contribution in [3.8, 4) is 0 Å². The summed E-state index contributed by atoms with van der Waals surface area (Å²) in [7, 11) is 0. The van der Waals surface area contributed by atoms with Crippen LogP contribution in [-0.4, -0.2) is 27.9 Å². The Hall–Kier alpha value is -3.94. The van der Waals surface area contributed by atoms with E-state index in [0.717, 1.165) is 0 Å². The third-order valence-corrected chi connectivity index (χ3v) is 5.92. The van der Waals surface area contributed by atoms with Gasteiger partial charge in [0.1, 0.15) is 12.3 Å². The van der Waals surface area contributed by atoms with E-state index in [-0.39, 0.29) is 24.5 Å². The maximum Gasteiger partial charge on any atom is 0.411 e. The molecule has 0 saturated heterocycles. The number of carbonyl (C=O) groups is 3. The minimum Gasteiger partial charge on any atom is -0.481 e. The largest absolute Gasteiger partial charge is 0.481 e. The van der Waals surface area contributed by atoms with Crippen molar-refractivity contribution >= 4 is 57.5 Å². The molecule has 0 aliphatic heterocycles. The smallest absolute Gasteiger partial charge is 0.411 e. The van der Waals surface area contributed by atoms with Gasteiger partial charge in [0.05, 0.1) is 16.5 Å². The molecule has 7 nitrogen and oxygen atoms in total. The van der Waals surface area contributed by atoms with Gasteiger partial charge < -0.3 is 9.84 Å². The lowest BCUT2D eigenvalue weighted by Crippen LogP contribution is -2.14. The summed E-state index contributed by atoms with van der Waals surface area (Å²) in [5.74, 6) is -1.30. The molecule has 3 aromatic carbocycles. The molecule has 1 amide bonds. The zero-order valence-corrected chi connectivity index (χ0v) is 19.6. The fourth-order valence-electron chi connectivity index (χ4n) is 3.51. The first kappa shape index (κ1) is 24.2. The summed E-state index contributed by atoms with van der Waals surface area (Å²) in [6.07, 6.45) is 0.560. The molecule has 0 atom stereocenters. The van der Waals surface area contributed by atoms with Crippen LogP contribution in [0.5, 0.6) is 0 Å². The lowest BCUT2D eigenvalue weighted by Gasteiger charge is -2.10. The first-order chi connectivity index (χ1) is 16.8. The summed E-state index contributed by atoms with van der Waals surface area (Å²) in [5.41, 5.74) is 2.24. The molecule has 0 unspecified atom stereocenters. The van der Waals surface area contributed by atoms with Crippen molar-refractivity contribution in [2.75, 3.05) is 5.32 Å². The van der Waals surface area contributed by atoms with E-state index in [1.807, 2.05) is 0 Å². The molecule has 4 rings (SSSR count). The predicted molar refractivity (Wildman–Crippen MR) is 133 cm³/mol. The van der Waals surface area contributed by atoms with Gasteiger partial charge in [-0.15, -0.1) is 0 Å². The molecule has 176 valence electrons. The monoisotopic (exact) mass is 508 g/mol. The Morgan fingerprint density at radius 3 is 2.31 bits per heavy atom. The van der Waals surface area contributed by atoms with Crippen LogP contribution in [0.3, 0.4) is 0 Å². The summed E-state index contributed by atoms with van der Waals surface area (Å²) < 4.78 is 5.19. The van der Waals surface area contributed by atoms with E-state index < -0.39 is 12.1 Å². The first-order valence-electron chi connectivity index (χ1n) is 10.4. The minimum atomic E-state index is -0.977. The maximum absolute atomic E-state index is 13.1. The van der Waals surface area contributed by atoms with Crippen LogP contribution in [0.25, 0.3) is 10.8 Å². The average molecular weight is 509 g/mol. The Bertz CT molecular complexity index is 1440. The van der Waals surface area contributed by atoms with Gasteiger partial charge in [0.2, 0.25) is 5.78 Å². The van der Waals surface area contributed by atoms with E-state index in [1.54, 1.807) is 66.7 Å². The number of pyridine rings is 1. The number of aromatic nitrogens is 1. The maximum atomic E-state index is 13.1. The fourth-order valence-corrected chi connectivity index (χ4v) is 3.83. The zero-order valence-electron chi connectivity index (χ0n) is 18.1. The van der Waals surface area contributed by atoms with Gasteiger partial charge in [-0.2, -0.15) is 0 Å². The van der Waals surface area contributed by atoms with Crippen molar-refractivity contribution in [3.63, 3.8) is 0 Å². The van der Waals surface area contributed by atoms with E-state index in [4.69, 9.17) is 33.0 Å². The van der Waals surface area contributed by atoms with Gasteiger partial charge in [-0.3, -0.25) is 19.9 Å². The van der Waals surface area contributed by atoms with E-state index >= 15 is 0 Å². The number of hydrogen-bond donors (Lipinski definition) is 2.